The summed E-state index contributed by atoms with van der Waals surface area (Å²) in [5, 5.41) is 8.68. The lowest BCUT2D eigenvalue weighted by atomic mass is 10.2. The maximum absolute atomic E-state index is 8.31. The van der Waals surface area contributed by atoms with Gasteiger partial charge in [-0.25, -0.2) is 9.97 Å². The number of amidine groups is 1. The molecular weight excluding hydrogens is 340 g/mol. The van der Waals surface area contributed by atoms with Crippen molar-refractivity contribution < 1.29 is 4.74 Å². The summed E-state index contributed by atoms with van der Waals surface area (Å²) in [5.74, 6) is 0.586. The number of pyridine rings is 1. The van der Waals surface area contributed by atoms with E-state index >= 15 is 0 Å². The minimum atomic E-state index is 0.161. The molecule has 0 radical (unpaired) electrons. The number of ether oxygens (including phenoxy) is 1. The predicted octanol–water partition coefficient (Wildman–Crippen LogP) is 3.36. The van der Waals surface area contributed by atoms with Crippen LogP contribution in [0.1, 0.15) is 5.69 Å². The van der Waals surface area contributed by atoms with Crippen molar-refractivity contribution in [1.29, 1.82) is 5.41 Å². The average molecular weight is 355 g/mol. The zero-order chi connectivity index (χ0) is 17.8. The van der Waals surface area contributed by atoms with Gasteiger partial charge in [0.15, 0.2) is 5.84 Å². The molecule has 25 heavy (non-hydrogen) atoms. The number of nitrogens with zero attached hydrogens (tertiary/aromatic N) is 4. The number of halogens is 1. The fraction of sp³-hybridized carbons (Fsp3) is 0.0588. The van der Waals surface area contributed by atoms with Crippen LogP contribution < -0.4 is 15.4 Å². The van der Waals surface area contributed by atoms with Crippen molar-refractivity contribution in [2.45, 2.75) is 0 Å². The molecule has 0 saturated carbocycles. The first-order valence-corrected chi connectivity index (χ1v) is 7.71. The van der Waals surface area contributed by atoms with Crippen LogP contribution in [0.3, 0.4) is 0 Å². The van der Waals surface area contributed by atoms with E-state index in [1.807, 2.05) is 0 Å². The standard InChI is InChI=1S/C17H15ClN6O/c1-24(16(20)15-13(19)4-2-7-21-15)11-5-6-14(12(18)10-11)25-17-22-8-3-9-23-17/h2-10,20H,19H2,1H3. The first-order valence-electron chi connectivity index (χ1n) is 7.34. The minimum Gasteiger partial charge on any atom is -0.423 e. The van der Waals surface area contributed by atoms with Crippen molar-refractivity contribution in [2.24, 2.45) is 0 Å². The van der Waals surface area contributed by atoms with E-state index in [4.69, 9.17) is 27.5 Å². The number of nitrogens with one attached hydrogen (secondary N) is 1. The third-order valence-corrected chi connectivity index (χ3v) is 3.74. The summed E-state index contributed by atoms with van der Waals surface area (Å²) in [4.78, 5) is 13.8. The topological polar surface area (TPSA) is 101 Å². The van der Waals surface area contributed by atoms with E-state index in [0.717, 1.165) is 0 Å². The summed E-state index contributed by atoms with van der Waals surface area (Å²) in [6.07, 6.45) is 4.76. The van der Waals surface area contributed by atoms with Crippen LogP contribution in [0, 0.1) is 5.41 Å². The van der Waals surface area contributed by atoms with E-state index in [2.05, 4.69) is 15.0 Å². The van der Waals surface area contributed by atoms with Gasteiger partial charge >= 0.3 is 6.01 Å². The Bertz CT molecular complexity index is 903. The maximum atomic E-state index is 8.31. The normalized spacial score (nSPS) is 10.3. The Morgan fingerprint density at radius 1 is 1.12 bits per heavy atom. The van der Waals surface area contributed by atoms with Gasteiger partial charge in [0.05, 0.1) is 10.7 Å². The molecule has 8 heteroatoms. The van der Waals surface area contributed by atoms with Gasteiger partial charge in [-0.2, -0.15) is 0 Å². The van der Waals surface area contributed by atoms with Crippen molar-refractivity contribution in [3.63, 3.8) is 0 Å². The predicted molar refractivity (Wildman–Crippen MR) is 97.4 cm³/mol. The SMILES string of the molecule is CN(C(=N)c1ncccc1N)c1ccc(Oc2ncccn2)c(Cl)c1. The summed E-state index contributed by atoms with van der Waals surface area (Å²) in [5.41, 5.74) is 7.42. The second kappa shape index (κ2) is 7.14. The van der Waals surface area contributed by atoms with E-state index in [-0.39, 0.29) is 11.8 Å². The molecule has 0 fully saturated rings. The number of hydrogen-bond acceptors (Lipinski definition) is 6. The van der Waals surface area contributed by atoms with Crippen LogP contribution in [0.25, 0.3) is 0 Å². The van der Waals surface area contributed by atoms with E-state index in [1.165, 1.54) is 0 Å². The van der Waals surface area contributed by atoms with Gasteiger partial charge in [0.2, 0.25) is 0 Å². The van der Waals surface area contributed by atoms with Crippen molar-refractivity contribution in [2.75, 3.05) is 17.7 Å². The molecule has 0 aliphatic carbocycles. The molecular formula is C17H15ClN6O. The molecule has 0 saturated heterocycles. The van der Waals surface area contributed by atoms with Crippen LogP contribution in [-0.2, 0) is 0 Å². The second-order valence-corrected chi connectivity index (χ2v) is 5.50. The van der Waals surface area contributed by atoms with Crippen LogP contribution in [0.4, 0.5) is 11.4 Å². The summed E-state index contributed by atoms with van der Waals surface area (Å²) in [7, 11) is 1.74. The molecule has 0 bridgehead atoms. The minimum absolute atomic E-state index is 0.161. The van der Waals surface area contributed by atoms with Crippen LogP contribution >= 0.6 is 11.6 Å². The Morgan fingerprint density at radius 3 is 2.52 bits per heavy atom. The number of hydrogen-bond donors (Lipinski definition) is 2. The Kier molecular flexibility index (Phi) is 4.76. The number of nitrogen functional groups attached to an aromatic ring is 1. The Hall–Kier alpha value is -3.19. The van der Waals surface area contributed by atoms with E-state index < -0.39 is 0 Å². The summed E-state index contributed by atoms with van der Waals surface area (Å²) >= 11 is 6.29. The molecule has 3 aromatic rings. The highest BCUT2D eigenvalue weighted by Gasteiger charge is 2.15. The molecule has 0 unspecified atom stereocenters. The van der Waals surface area contributed by atoms with Gasteiger partial charge in [0.25, 0.3) is 0 Å². The smallest absolute Gasteiger partial charge is 0.321 e. The molecule has 2 heterocycles. The number of aromatic nitrogens is 3. The van der Waals surface area contributed by atoms with Crippen molar-refractivity contribution in [3.05, 3.63) is 65.7 Å². The Balaban J connectivity index is 1.82. The molecule has 1 aromatic carbocycles. The average Bonchev–Trinajstić information content (AvgIpc) is 2.63. The molecule has 3 rings (SSSR count). The van der Waals surface area contributed by atoms with E-state index in [1.54, 1.807) is 66.9 Å². The Labute approximate surface area is 149 Å². The highest BCUT2D eigenvalue weighted by molar-refractivity contribution is 6.32. The van der Waals surface area contributed by atoms with Crippen molar-refractivity contribution >= 4 is 28.8 Å². The first-order chi connectivity index (χ1) is 12.1. The van der Waals surface area contributed by atoms with E-state index in [9.17, 15) is 0 Å². The van der Waals surface area contributed by atoms with Gasteiger partial charge in [0.1, 0.15) is 11.4 Å². The second-order valence-electron chi connectivity index (χ2n) is 5.10. The molecule has 0 aliphatic rings. The lowest BCUT2D eigenvalue weighted by Gasteiger charge is -2.21. The van der Waals surface area contributed by atoms with Gasteiger partial charge < -0.3 is 15.4 Å². The largest absolute Gasteiger partial charge is 0.423 e. The zero-order valence-corrected chi connectivity index (χ0v) is 14.1. The summed E-state index contributed by atoms with van der Waals surface area (Å²) in [6.45, 7) is 0. The van der Waals surface area contributed by atoms with Crippen molar-refractivity contribution in [3.8, 4) is 11.8 Å². The van der Waals surface area contributed by atoms with Crippen molar-refractivity contribution in [1.82, 2.24) is 15.0 Å². The number of rotatable bonds is 4. The highest BCUT2D eigenvalue weighted by Crippen LogP contribution is 2.31. The van der Waals surface area contributed by atoms with Gasteiger partial charge in [-0.15, -0.1) is 0 Å². The third-order valence-electron chi connectivity index (χ3n) is 3.44. The summed E-state index contributed by atoms with van der Waals surface area (Å²) in [6, 6.07) is 10.5. The molecule has 126 valence electrons. The molecule has 7 nitrogen and oxygen atoms in total. The third kappa shape index (κ3) is 3.67. The lowest BCUT2D eigenvalue weighted by Crippen LogP contribution is -2.28. The Morgan fingerprint density at radius 2 is 1.84 bits per heavy atom. The number of benzene rings is 1. The first kappa shape index (κ1) is 16.7. The monoisotopic (exact) mass is 354 g/mol. The molecule has 3 N–H and O–H groups in total. The van der Waals surface area contributed by atoms with Crippen LogP contribution in [0.15, 0.2) is 55.0 Å². The fourth-order valence-electron chi connectivity index (χ4n) is 2.12. The molecule has 0 spiro atoms. The quantitative estimate of drug-likeness (QED) is 0.550. The fourth-order valence-corrected chi connectivity index (χ4v) is 2.33. The molecule has 2 aromatic heterocycles. The van der Waals surface area contributed by atoms with E-state index in [0.29, 0.717) is 27.8 Å². The zero-order valence-electron chi connectivity index (χ0n) is 13.3. The molecule has 0 aliphatic heterocycles. The van der Waals surface area contributed by atoms with Gasteiger partial charge in [-0.1, -0.05) is 11.6 Å². The van der Waals surface area contributed by atoms with Gasteiger partial charge in [0, 0.05) is 31.3 Å². The van der Waals surface area contributed by atoms with Gasteiger partial charge in [-0.3, -0.25) is 10.4 Å². The van der Waals surface area contributed by atoms with Gasteiger partial charge in [-0.05, 0) is 36.4 Å². The van der Waals surface area contributed by atoms with Crippen LogP contribution in [-0.4, -0.2) is 27.8 Å². The molecule has 0 atom stereocenters. The van der Waals surface area contributed by atoms with Crippen LogP contribution in [0.5, 0.6) is 11.8 Å². The van der Waals surface area contributed by atoms with Crippen LogP contribution in [0.2, 0.25) is 5.02 Å². The number of nitrogens with two attached hydrogens (primary N) is 1. The number of anilines is 2. The maximum Gasteiger partial charge on any atom is 0.321 e. The highest BCUT2D eigenvalue weighted by atomic mass is 35.5. The lowest BCUT2D eigenvalue weighted by molar-refractivity contribution is 0.442. The molecule has 0 amide bonds. The summed E-state index contributed by atoms with van der Waals surface area (Å²) < 4.78 is 5.55.